The molecule has 0 fully saturated rings. The van der Waals surface area contributed by atoms with E-state index in [4.69, 9.17) is 9.47 Å². The maximum atomic E-state index is 13.3. The van der Waals surface area contributed by atoms with Gasteiger partial charge in [0.1, 0.15) is 27.6 Å². The molecule has 31 heavy (non-hydrogen) atoms. The maximum Gasteiger partial charge on any atom is 0.266 e. The maximum absolute atomic E-state index is 13.3. The van der Waals surface area contributed by atoms with Crippen molar-refractivity contribution in [1.29, 1.82) is 0 Å². The molecule has 0 spiro atoms. The number of thiophene rings is 1. The van der Waals surface area contributed by atoms with Crippen LogP contribution in [0.1, 0.15) is 6.92 Å². The molecule has 0 bridgehead atoms. The highest BCUT2D eigenvalue weighted by Crippen LogP contribution is 2.38. The van der Waals surface area contributed by atoms with Crippen molar-refractivity contribution in [2.24, 2.45) is 0 Å². The number of aromatic nitrogens is 2. The van der Waals surface area contributed by atoms with E-state index in [1.54, 1.807) is 26.2 Å². The number of hydrogen-bond donors (Lipinski definition) is 1. The Kier molecular flexibility index (Phi) is 6.12. The van der Waals surface area contributed by atoms with Crippen molar-refractivity contribution in [3.63, 3.8) is 0 Å². The first-order valence-corrected chi connectivity index (χ1v) is 12.4. The molecule has 0 aliphatic heterocycles. The molecule has 0 radical (unpaired) electrons. The molecule has 2 aromatic heterocycles. The summed E-state index contributed by atoms with van der Waals surface area (Å²) in [7, 11) is -2.37. The first-order valence-electron chi connectivity index (χ1n) is 9.24. The van der Waals surface area contributed by atoms with Gasteiger partial charge in [-0.05, 0) is 42.8 Å². The zero-order chi connectivity index (χ0) is 22.0. The quantitative estimate of drug-likeness (QED) is 0.354. The van der Waals surface area contributed by atoms with Crippen molar-refractivity contribution in [1.82, 2.24) is 9.97 Å². The zero-order valence-corrected chi connectivity index (χ0v) is 19.8. The highest BCUT2D eigenvalue weighted by molar-refractivity contribution is 9.10. The van der Waals surface area contributed by atoms with Gasteiger partial charge >= 0.3 is 0 Å². The average Bonchev–Trinajstić information content (AvgIpc) is 3.20. The number of hydrogen-bond acceptors (Lipinski definition) is 7. The minimum Gasteiger partial charge on any atom is -0.497 e. The Labute approximate surface area is 192 Å². The molecule has 4 aromatic rings. The van der Waals surface area contributed by atoms with E-state index >= 15 is 0 Å². The molecular formula is C21H18BrN3O4S2. The van der Waals surface area contributed by atoms with Gasteiger partial charge in [-0.1, -0.05) is 28.1 Å². The van der Waals surface area contributed by atoms with Crippen LogP contribution in [0.4, 0.5) is 5.82 Å². The SMILES string of the molecule is CCOc1ccc(Br)cc1S(=O)(=O)Nc1ncnc2scc(-c3ccc(OC)cc3)c12. The number of sulfonamides is 1. The molecule has 0 saturated carbocycles. The van der Waals surface area contributed by atoms with Crippen molar-refractivity contribution < 1.29 is 17.9 Å². The summed E-state index contributed by atoms with van der Waals surface area (Å²) in [6.45, 7) is 2.14. The first kappa shape index (κ1) is 21.5. The highest BCUT2D eigenvalue weighted by atomic mass is 79.9. The monoisotopic (exact) mass is 519 g/mol. The van der Waals surface area contributed by atoms with Gasteiger partial charge in [0.25, 0.3) is 10.0 Å². The van der Waals surface area contributed by atoms with Gasteiger partial charge < -0.3 is 9.47 Å². The minimum atomic E-state index is -3.98. The number of fused-ring (bicyclic) bond motifs is 1. The van der Waals surface area contributed by atoms with Crippen LogP contribution in [-0.4, -0.2) is 32.1 Å². The molecule has 0 aliphatic rings. The molecular weight excluding hydrogens is 502 g/mol. The lowest BCUT2D eigenvalue weighted by Crippen LogP contribution is -2.16. The second-order valence-electron chi connectivity index (χ2n) is 6.41. The third-order valence-electron chi connectivity index (χ3n) is 4.50. The van der Waals surface area contributed by atoms with Gasteiger partial charge in [0.05, 0.1) is 19.1 Å². The molecule has 2 heterocycles. The zero-order valence-electron chi connectivity index (χ0n) is 16.6. The molecule has 0 atom stereocenters. The van der Waals surface area contributed by atoms with Crippen molar-refractivity contribution in [2.45, 2.75) is 11.8 Å². The van der Waals surface area contributed by atoms with Crippen LogP contribution in [0, 0.1) is 0 Å². The second-order valence-corrected chi connectivity index (χ2v) is 9.83. The highest BCUT2D eigenvalue weighted by Gasteiger charge is 2.23. The van der Waals surface area contributed by atoms with Gasteiger partial charge in [0.15, 0.2) is 5.82 Å². The third kappa shape index (κ3) is 4.36. The summed E-state index contributed by atoms with van der Waals surface area (Å²) in [5.41, 5.74) is 1.74. The number of nitrogens with zero attached hydrogens (tertiary/aromatic N) is 2. The molecule has 2 aromatic carbocycles. The van der Waals surface area contributed by atoms with Crippen LogP contribution in [0.5, 0.6) is 11.5 Å². The normalized spacial score (nSPS) is 11.5. The number of anilines is 1. The van der Waals surface area contributed by atoms with Crippen LogP contribution in [0.2, 0.25) is 0 Å². The van der Waals surface area contributed by atoms with Crippen LogP contribution in [-0.2, 0) is 10.0 Å². The lowest BCUT2D eigenvalue weighted by molar-refractivity contribution is 0.331. The number of benzene rings is 2. The molecule has 1 N–H and O–H groups in total. The Morgan fingerprint density at radius 3 is 2.61 bits per heavy atom. The molecule has 4 rings (SSSR count). The standard InChI is InChI=1S/C21H18BrN3O4S2/c1-3-29-17-9-6-14(22)10-18(17)31(26,27)25-20-19-16(11-30-21(19)24-12-23-20)13-4-7-15(28-2)8-5-13/h4-12H,3H2,1-2H3,(H,23,24,25). The number of halogens is 1. The van der Waals surface area contributed by atoms with E-state index in [-0.39, 0.29) is 16.5 Å². The first-order chi connectivity index (χ1) is 14.9. The fraction of sp³-hybridized carbons (Fsp3) is 0.143. The van der Waals surface area contributed by atoms with Crippen molar-refractivity contribution in [2.75, 3.05) is 18.4 Å². The van der Waals surface area contributed by atoms with E-state index in [1.165, 1.54) is 23.7 Å². The Balaban J connectivity index is 1.80. The number of nitrogens with one attached hydrogen (secondary N) is 1. The lowest BCUT2D eigenvalue weighted by atomic mass is 10.1. The summed E-state index contributed by atoms with van der Waals surface area (Å²) in [5.74, 6) is 1.21. The van der Waals surface area contributed by atoms with Crippen LogP contribution < -0.4 is 14.2 Å². The smallest absolute Gasteiger partial charge is 0.266 e. The van der Waals surface area contributed by atoms with Gasteiger partial charge in [-0.3, -0.25) is 4.72 Å². The van der Waals surface area contributed by atoms with Crippen molar-refractivity contribution >= 4 is 53.3 Å². The predicted molar refractivity (Wildman–Crippen MR) is 126 cm³/mol. The van der Waals surface area contributed by atoms with Crippen molar-refractivity contribution in [3.05, 3.63) is 58.6 Å². The number of ether oxygens (including phenoxy) is 2. The van der Waals surface area contributed by atoms with Crippen LogP contribution >= 0.6 is 27.3 Å². The molecule has 160 valence electrons. The summed E-state index contributed by atoms with van der Waals surface area (Å²) in [6.07, 6.45) is 1.35. The fourth-order valence-electron chi connectivity index (χ4n) is 3.08. The Morgan fingerprint density at radius 2 is 1.90 bits per heavy atom. The van der Waals surface area contributed by atoms with E-state index in [1.807, 2.05) is 29.6 Å². The Morgan fingerprint density at radius 1 is 1.13 bits per heavy atom. The predicted octanol–water partition coefficient (Wildman–Crippen LogP) is 5.33. The van der Waals surface area contributed by atoms with E-state index < -0.39 is 10.0 Å². The summed E-state index contributed by atoms with van der Waals surface area (Å²) in [6, 6.07) is 12.4. The third-order valence-corrected chi connectivity index (χ3v) is 7.24. The molecule has 0 saturated heterocycles. The van der Waals surface area contributed by atoms with Gasteiger partial charge in [0.2, 0.25) is 0 Å². The molecule has 0 amide bonds. The summed E-state index contributed by atoms with van der Waals surface area (Å²) >= 11 is 4.75. The van der Waals surface area contributed by atoms with E-state index in [9.17, 15) is 8.42 Å². The molecule has 10 heteroatoms. The van der Waals surface area contributed by atoms with Gasteiger partial charge in [-0.25, -0.2) is 18.4 Å². The Bertz CT molecular complexity index is 1340. The number of rotatable bonds is 7. The summed E-state index contributed by atoms with van der Waals surface area (Å²) < 4.78 is 40.5. The van der Waals surface area contributed by atoms with Gasteiger partial charge in [-0.2, -0.15) is 0 Å². The molecule has 0 aliphatic carbocycles. The van der Waals surface area contributed by atoms with E-state index in [2.05, 4.69) is 30.6 Å². The van der Waals surface area contributed by atoms with Crippen LogP contribution in [0.25, 0.3) is 21.3 Å². The largest absolute Gasteiger partial charge is 0.497 e. The Hall–Kier alpha value is -2.69. The van der Waals surface area contributed by atoms with Gasteiger partial charge in [0, 0.05) is 15.4 Å². The van der Waals surface area contributed by atoms with E-state index in [0.717, 1.165) is 16.9 Å². The second kappa shape index (κ2) is 8.81. The average molecular weight is 520 g/mol. The van der Waals surface area contributed by atoms with E-state index in [0.29, 0.717) is 21.3 Å². The minimum absolute atomic E-state index is 0.0247. The van der Waals surface area contributed by atoms with Crippen molar-refractivity contribution in [3.8, 4) is 22.6 Å². The lowest BCUT2D eigenvalue weighted by Gasteiger charge is -2.13. The summed E-state index contributed by atoms with van der Waals surface area (Å²) in [4.78, 5) is 9.24. The fourth-order valence-corrected chi connectivity index (χ4v) is 5.71. The topological polar surface area (TPSA) is 90.4 Å². The summed E-state index contributed by atoms with van der Waals surface area (Å²) in [5, 5.41) is 2.57. The van der Waals surface area contributed by atoms with Gasteiger partial charge in [-0.15, -0.1) is 11.3 Å². The molecule has 0 unspecified atom stereocenters. The van der Waals surface area contributed by atoms with Crippen LogP contribution in [0.15, 0.2) is 63.5 Å². The van der Waals surface area contributed by atoms with Crippen LogP contribution in [0.3, 0.4) is 0 Å². The number of methoxy groups -OCH3 is 1. The molecule has 7 nitrogen and oxygen atoms in total.